The lowest BCUT2D eigenvalue weighted by molar-refractivity contribution is -0.0350. The van der Waals surface area contributed by atoms with Crippen molar-refractivity contribution in [2.24, 2.45) is 0 Å². The molecule has 1 aliphatic heterocycles. The molecule has 1 atom stereocenters. The molecule has 1 unspecified atom stereocenters. The Morgan fingerprint density at radius 3 is 2.76 bits per heavy atom. The van der Waals surface area contributed by atoms with E-state index in [4.69, 9.17) is 4.74 Å². The minimum Gasteiger partial charge on any atom is -0.376 e. The van der Waals surface area contributed by atoms with Crippen molar-refractivity contribution in [3.05, 3.63) is 0 Å². The lowest BCUT2D eigenvalue weighted by Gasteiger charge is -2.33. The molecule has 0 aliphatic carbocycles. The first-order valence-electron chi connectivity index (χ1n) is 7.28. The van der Waals surface area contributed by atoms with Crippen molar-refractivity contribution in [1.82, 2.24) is 9.80 Å². The van der Waals surface area contributed by atoms with Crippen LogP contribution in [0.25, 0.3) is 0 Å². The van der Waals surface area contributed by atoms with Gasteiger partial charge in [0.05, 0.1) is 12.7 Å². The maximum Gasteiger partial charge on any atom is 0.0714 e. The van der Waals surface area contributed by atoms with E-state index in [1.807, 2.05) is 0 Å². The van der Waals surface area contributed by atoms with Gasteiger partial charge in [-0.05, 0) is 39.4 Å². The summed E-state index contributed by atoms with van der Waals surface area (Å²) >= 11 is 0. The summed E-state index contributed by atoms with van der Waals surface area (Å²) in [5.41, 5.74) is 0. The Hall–Kier alpha value is -0.120. The number of hydrogen-bond acceptors (Lipinski definition) is 3. The summed E-state index contributed by atoms with van der Waals surface area (Å²) in [6, 6.07) is 0. The first-order valence-corrected chi connectivity index (χ1v) is 7.28. The minimum atomic E-state index is 0.458. The summed E-state index contributed by atoms with van der Waals surface area (Å²) < 4.78 is 5.85. The van der Waals surface area contributed by atoms with Gasteiger partial charge in [0.15, 0.2) is 0 Å². The molecule has 1 aliphatic rings. The number of ether oxygens (including phenoxy) is 1. The van der Waals surface area contributed by atoms with Crippen LogP contribution in [0.15, 0.2) is 0 Å². The van der Waals surface area contributed by atoms with Gasteiger partial charge in [0, 0.05) is 19.6 Å². The molecule has 0 radical (unpaired) electrons. The van der Waals surface area contributed by atoms with Crippen molar-refractivity contribution < 1.29 is 4.74 Å². The second-order valence-electron chi connectivity index (χ2n) is 5.24. The summed E-state index contributed by atoms with van der Waals surface area (Å²) in [7, 11) is 2.21. The zero-order valence-corrected chi connectivity index (χ0v) is 12.0. The average molecular weight is 242 g/mol. The highest BCUT2D eigenvalue weighted by Gasteiger charge is 2.19. The first kappa shape index (κ1) is 14.9. The number of hydrogen-bond donors (Lipinski definition) is 0. The number of morpholine rings is 1. The van der Waals surface area contributed by atoms with Crippen LogP contribution in [-0.2, 0) is 4.74 Å². The van der Waals surface area contributed by atoms with E-state index >= 15 is 0 Å². The van der Waals surface area contributed by atoms with Crippen molar-refractivity contribution >= 4 is 0 Å². The van der Waals surface area contributed by atoms with Crippen LogP contribution in [0.5, 0.6) is 0 Å². The largest absolute Gasteiger partial charge is 0.376 e. The van der Waals surface area contributed by atoms with E-state index in [-0.39, 0.29) is 0 Å². The highest BCUT2D eigenvalue weighted by molar-refractivity contribution is 4.72. The van der Waals surface area contributed by atoms with Crippen LogP contribution < -0.4 is 0 Å². The van der Waals surface area contributed by atoms with E-state index in [2.05, 4.69) is 30.7 Å². The van der Waals surface area contributed by atoms with Crippen molar-refractivity contribution in [3.8, 4) is 0 Å². The highest BCUT2D eigenvalue weighted by Crippen LogP contribution is 2.10. The molecule has 0 spiro atoms. The molecule has 1 heterocycles. The van der Waals surface area contributed by atoms with Crippen molar-refractivity contribution in [3.63, 3.8) is 0 Å². The lowest BCUT2D eigenvalue weighted by Crippen LogP contribution is -2.43. The molecular weight excluding hydrogens is 212 g/mol. The van der Waals surface area contributed by atoms with Gasteiger partial charge in [-0.15, -0.1) is 0 Å². The van der Waals surface area contributed by atoms with Crippen molar-refractivity contribution in [1.29, 1.82) is 0 Å². The van der Waals surface area contributed by atoms with Gasteiger partial charge in [0.25, 0.3) is 0 Å². The van der Waals surface area contributed by atoms with Gasteiger partial charge in [0.1, 0.15) is 0 Å². The molecule has 3 heteroatoms. The third kappa shape index (κ3) is 6.39. The lowest BCUT2D eigenvalue weighted by atomic mass is 10.2. The summed E-state index contributed by atoms with van der Waals surface area (Å²) in [5.74, 6) is 0. The van der Waals surface area contributed by atoms with Crippen LogP contribution in [0.1, 0.15) is 39.5 Å². The standard InChI is InChI=1S/C14H30N2O/c1-4-6-9-16-11-12-17-14(13-16)7-10-15(3)8-5-2/h14H,4-13H2,1-3H3. The Kier molecular flexibility index (Phi) is 7.82. The van der Waals surface area contributed by atoms with Crippen molar-refractivity contribution in [2.45, 2.75) is 45.6 Å². The molecule has 0 aromatic carbocycles. The SMILES string of the molecule is CCCCN1CCOC(CCN(C)CCC)C1. The molecule has 1 rings (SSSR count). The van der Waals surface area contributed by atoms with Gasteiger partial charge in [-0.25, -0.2) is 0 Å². The quantitative estimate of drug-likeness (QED) is 0.649. The zero-order valence-electron chi connectivity index (χ0n) is 12.0. The molecule has 1 saturated heterocycles. The summed E-state index contributed by atoms with van der Waals surface area (Å²) in [5, 5.41) is 0. The number of unbranched alkanes of at least 4 members (excludes halogenated alkanes) is 1. The molecular formula is C14H30N2O. The summed E-state index contributed by atoms with van der Waals surface area (Å²) in [4.78, 5) is 4.98. The molecule has 3 nitrogen and oxygen atoms in total. The van der Waals surface area contributed by atoms with Crippen LogP contribution in [0.2, 0.25) is 0 Å². The first-order chi connectivity index (χ1) is 8.26. The normalized spacial score (nSPS) is 22.2. The molecule has 0 aromatic rings. The third-order valence-corrected chi connectivity index (χ3v) is 3.49. The van der Waals surface area contributed by atoms with E-state index in [1.54, 1.807) is 0 Å². The van der Waals surface area contributed by atoms with Crippen LogP contribution in [-0.4, -0.2) is 62.3 Å². The monoisotopic (exact) mass is 242 g/mol. The third-order valence-electron chi connectivity index (χ3n) is 3.49. The fraction of sp³-hybridized carbons (Fsp3) is 1.00. The predicted octanol–water partition coefficient (Wildman–Crippen LogP) is 2.22. The average Bonchev–Trinajstić information content (AvgIpc) is 2.35. The second kappa shape index (κ2) is 8.90. The number of nitrogens with zero attached hydrogens (tertiary/aromatic N) is 2. The molecule has 0 saturated carbocycles. The van der Waals surface area contributed by atoms with Gasteiger partial charge >= 0.3 is 0 Å². The van der Waals surface area contributed by atoms with Crippen LogP contribution in [0.4, 0.5) is 0 Å². The fourth-order valence-corrected chi connectivity index (χ4v) is 2.40. The Labute approximate surface area is 107 Å². The van der Waals surface area contributed by atoms with Gasteiger partial charge in [-0.3, -0.25) is 4.90 Å². The fourth-order valence-electron chi connectivity index (χ4n) is 2.40. The maximum atomic E-state index is 5.85. The molecule has 1 fully saturated rings. The van der Waals surface area contributed by atoms with Gasteiger partial charge in [-0.1, -0.05) is 20.3 Å². The zero-order chi connectivity index (χ0) is 12.5. The van der Waals surface area contributed by atoms with Crippen LogP contribution in [0.3, 0.4) is 0 Å². The molecule has 0 bridgehead atoms. The molecule has 102 valence electrons. The molecule has 0 N–H and O–H groups in total. The van der Waals surface area contributed by atoms with Gasteiger partial charge in [-0.2, -0.15) is 0 Å². The van der Waals surface area contributed by atoms with Gasteiger partial charge < -0.3 is 9.64 Å². The Bertz CT molecular complexity index is 187. The van der Waals surface area contributed by atoms with E-state index in [0.29, 0.717) is 6.10 Å². The van der Waals surface area contributed by atoms with Crippen molar-refractivity contribution in [2.75, 3.05) is 46.4 Å². The maximum absolute atomic E-state index is 5.85. The smallest absolute Gasteiger partial charge is 0.0714 e. The summed E-state index contributed by atoms with van der Waals surface area (Å²) in [6.45, 7) is 11.3. The Balaban J connectivity index is 2.15. The Morgan fingerprint density at radius 2 is 2.06 bits per heavy atom. The topological polar surface area (TPSA) is 15.7 Å². The highest BCUT2D eigenvalue weighted by atomic mass is 16.5. The second-order valence-corrected chi connectivity index (χ2v) is 5.24. The van der Waals surface area contributed by atoms with Gasteiger partial charge in [0.2, 0.25) is 0 Å². The summed E-state index contributed by atoms with van der Waals surface area (Å²) in [6.07, 6.45) is 5.49. The minimum absolute atomic E-state index is 0.458. The molecule has 0 aromatic heterocycles. The predicted molar refractivity (Wildman–Crippen MR) is 73.5 cm³/mol. The van der Waals surface area contributed by atoms with E-state index in [9.17, 15) is 0 Å². The van der Waals surface area contributed by atoms with E-state index < -0.39 is 0 Å². The van der Waals surface area contributed by atoms with E-state index in [1.165, 1.54) is 45.3 Å². The van der Waals surface area contributed by atoms with E-state index in [0.717, 1.165) is 19.7 Å². The van der Waals surface area contributed by atoms with Crippen LogP contribution in [0, 0.1) is 0 Å². The van der Waals surface area contributed by atoms with Crippen LogP contribution >= 0.6 is 0 Å². The molecule has 17 heavy (non-hydrogen) atoms. The molecule has 0 amide bonds. The number of rotatable bonds is 8. The Morgan fingerprint density at radius 1 is 1.24 bits per heavy atom.